The van der Waals surface area contributed by atoms with E-state index in [2.05, 4.69) is 42.7 Å². The van der Waals surface area contributed by atoms with Gasteiger partial charge in [0, 0.05) is 25.4 Å². The Balaban J connectivity index is 2.03. The minimum atomic E-state index is -3.51. The predicted octanol–water partition coefficient (Wildman–Crippen LogP) is 2.59. The van der Waals surface area contributed by atoms with Crippen molar-refractivity contribution in [3.8, 4) is 5.69 Å². The van der Waals surface area contributed by atoms with E-state index in [-0.39, 0.29) is 11.5 Å². The lowest BCUT2D eigenvalue weighted by molar-refractivity contribution is 0.267. The molecule has 0 bridgehead atoms. The molecule has 0 aliphatic heterocycles. The van der Waals surface area contributed by atoms with Gasteiger partial charge in [-0.15, -0.1) is 0 Å². The van der Waals surface area contributed by atoms with Crippen molar-refractivity contribution >= 4 is 10.2 Å². The molecule has 1 heterocycles. The molecular formula is C18H26N4O2S. The van der Waals surface area contributed by atoms with Gasteiger partial charge in [0.15, 0.2) is 0 Å². The zero-order chi connectivity index (χ0) is 18.4. The van der Waals surface area contributed by atoms with Gasteiger partial charge in [-0.05, 0) is 37.3 Å². The fraction of sp³-hybridized carbons (Fsp3) is 0.500. The van der Waals surface area contributed by atoms with Crippen LogP contribution in [0.25, 0.3) is 5.69 Å². The molecular weight excluding hydrogens is 336 g/mol. The summed E-state index contributed by atoms with van der Waals surface area (Å²) in [7, 11) is -0.436. The second-order valence-electron chi connectivity index (χ2n) is 7.80. The van der Waals surface area contributed by atoms with Crippen LogP contribution in [0.1, 0.15) is 43.1 Å². The Morgan fingerprint density at radius 1 is 1.24 bits per heavy atom. The summed E-state index contributed by atoms with van der Waals surface area (Å²) in [4.78, 5) is 0. The molecule has 0 saturated carbocycles. The maximum Gasteiger partial charge on any atom is 0.279 e. The first-order valence-electron chi connectivity index (χ1n) is 8.43. The van der Waals surface area contributed by atoms with E-state index in [1.165, 1.54) is 24.0 Å². The smallest absolute Gasteiger partial charge is 0.237 e. The Kier molecular flexibility index (Phi) is 4.51. The number of aryl methyl sites for hydroxylation is 1. The molecule has 25 heavy (non-hydrogen) atoms. The molecule has 0 radical (unpaired) electrons. The fourth-order valence-corrected chi connectivity index (χ4v) is 4.12. The third kappa shape index (κ3) is 3.63. The molecule has 0 amide bonds. The van der Waals surface area contributed by atoms with E-state index in [4.69, 9.17) is 0 Å². The largest absolute Gasteiger partial charge is 0.279 e. The van der Waals surface area contributed by atoms with Crippen molar-refractivity contribution < 1.29 is 8.42 Å². The van der Waals surface area contributed by atoms with Gasteiger partial charge in [0.1, 0.15) is 0 Å². The number of rotatable bonds is 4. The Morgan fingerprint density at radius 2 is 1.88 bits per heavy atom. The summed E-state index contributed by atoms with van der Waals surface area (Å²) in [6.07, 6.45) is 3.40. The lowest BCUT2D eigenvalue weighted by Gasteiger charge is -2.36. The summed E-state index contributed by atoms with van der Waals surface area (Å²) in [5, 5.41) is 4.56. The van der Waals surface area contributed by atoms with Crippen molar-refractivity contribution in [3.05, 3.63) is 47.3 Å². The number of aromatic nitrogens is 2. The highest BCUT2D eigenvalue weighted by Gasteiger charge is 2.37. The number of nitrogens with one attached hydrogen (secondary N) is 1. The molecule has 0 spiro atoms. The monoisotopic (exact) mass is 362 g/mol. The molecule has 7 heteroatoms. The average Bonchev–Trinajstić information content (AvgIpc) is 2.90. The van der Waals surface area contributed by atoms with E-state index < -0.39 is 10.2 Å². The Bertz CT molecular complexity index is 867. The zero-order valence-electron chi connectivity index (χ0n) is 15.4. The summed E-state index contributed by atoms with van der Waals surface area (Å²) >= 11 is 0. The van der Waals surface area contributed by atoms with Gasteiger partial charge in [-0.2, -0.15) is 22.5 Å². The summed E-state index contributed by atoms with van der Waals surface area (Å²) in [5.74, 6) is 0. The van der Waals surface area contributed by atoms with Gasteiger partial charge < -0.3 is 0 Å². The molecule has 0 fully saturated rings. The molecule has 1 aliphatic carbocycles. The Hall–Kier alpha value is -1.70. The highest BCUT2D eigenvalue weighted by Crippen LogP contribution is 2.41. The second-order valence-corrected chi connectivity index (χ2v) is 9.71. The molecule has 3 rings (SSSR count). The zero-order valence-corrected chi connectivity index (χ0v) is 16.3. The standard InChI is InChI=1S/C18H26N4O2S/c1-13-6-8-14(9-7-13)22-17-11-18(2,3)10-16(15(17)12-19-22)20-25(23,24)21(4)5/h6-9,12,16,20H,10-11H2,1-5H3/t16-/m1/s1. The van der Waals surface area contributed by atoms with E-state index >= 15 is 0 Å². The van der Waals surface area contributed by atoms with Crippen LogP contribution in [-0.2, 0) is 16.6 Å². The van der Waals surface area contributed by atoms with Crippen molar-refractivity contribution in [2.75, 3.05) is 14.1 Å². The van der Waals surface area contributed by atoms with Gasteiger partial charge in [-0.1, -0.05) is 31.5 Å². The molecule has 2 aromatic rings. The van der Waals surface area contributed by atoms with Gasteiger partial charge in [-0.3, -0.25) is 0 Å². The van der Waals surface area contributed by atoms with Crippen LogP contribution >= 0.6 is 0 Å². The van der Waals surface area contributed by atoms with Crippen LogP contribution in [0.4, 0.5) is 0 Å². The van der Waals surface area contributed by atoms with E-state index in [1.807, 2.05) is 16.8 Å². The quantitative estimate of drug-likeness (QED) is 0.909. The molecule has 6 nitrogen and oxygen atoms in total. The van der Waals surface area contributed by atoms with Crippen molar-refractivity contribution in [2.45, 2.75) is 39.7 Å². The summed E-state index contributed by atoms with van der Waals surface area (Å²) < 4.78 is 30.6. The minimum Gasteiger partial charge on any atom is -0.237 e. The van der Waals surface area contributed by atoms with Crippen molar-refractivity contribution in [2.24, 2.45) is 5.41 Å². The third-order valence-electron chi connectivity index (χ3n) is 4.73. The summed E-state index contributed by atoms with van der Waals surface area (Å²) in [6.45, 7) is 6.39. The predicted molar refractivity (Wildman–Crippen MR) is 98.9 cm³/mol. The number of fused-ring (bicyclic) bond motifs is 1. The van der Waals surface area contributed by atoms with E-state index in [1.54, 1.807) is 6.20 Å². The maximum absolute atomic E-state index is 12.3. The molecule has 0 saturated heterocycles. The highest BCUT2D eigenvalue weighted by molar-refractivity contribution is 7.87. The number of nitrogens with zero attached hydrogens (tertiary/aromatic N) is 3. The maximum atomic E-state index is 12.3. The Labute approximate surface area is 150 Å². The van der Waals surface area contributed by atoms with Crippen molar-refractivity contribution in [3.63, 3.8) is 0 Å². The summed E-state index contributed by atoms with van der Waals surface area (Å²) in [6, 6.07) is 7.94. The van der Waals surface area contributed by atoms with Crippen LogP contribution in [0, 0.1) is 12.3 Å². The SMILES string of the molecule is Cc1ccc(-n2ncc3c2CC(C)(C)C[C@H]3NS(=O)(=O)N(C)C)cc1. The Morgan fingerprint density at radius 3 is 2.48 bits per heavy atom. The van der Waals surface area contributed by atoms with Gasteiger partial charge in [-0.25, -0.2) is 4.68 Å². The lowest BCUT2D eigenvalue weighted by atomic mass is 9.74. The van der Waals surface area contributed by atoms with E-state index in [0.717, 1.165) is 29.8 Å². The normalized spacial score (nSPS) is 19.8. The topological polar surface area (TPSA) is 67.2 Å². The van der Waals surface area contributed by atoms with Crippen LogP contribution in [-0.4, -0.2) is 36.6 Å². The average molecular weight is 362 g/mol. The lowest BCUT2D eigenvalue weighted by Crippen LogP contribution is -2.41. The summed E-state index contributed by atoms with van der Waals surface area (Å²) in [5.41, 5.74) is 4.21. The number of hydrogen-bond donors (Lipinski definition) is 1. The first kappa shape index (κ1) is 18.1. The van der Waals surface area contributed by atoms with Crippen LogP contribution < -0.4 is 4.72 Å². The second kappa shape index (κ2) is 6.23. The first-order chi connectivity index (χ1) is 11.6. The van der Waals surface area contributed by atoms with E-state index in [0.29, 0.717) is 0 Å². The van der Waals surface area contributed by atoms with Gasteiger partial charge in [0.25, 0.3) is 10.2 Å². The van der Waals surface area contributed by atoms with Crippen LogP contribution in [0.5, 0.6) is 0 Å². The van der Waals surface area contributed by atoms with Gasteiger partial charge >= 0.3 is 0 Å². The molecule has 0 unspecified atom stereocenters. The first-order valence-corrected chi connectivity index (χ1v) is 9.87. The molecule has 1 N–H and O–H groups in total. The number of benzene rings is 1. The molecule has 1 atom stereocenters. The minimum absolute atomic E-state index is 0.0189. The highest BCUT2D eigenvalue weighted by atomic mass is 32.2. The fourth-order valence-electron chi connectivity index (χ4n) is 3.34. The van der Waals surface area contributed by atoms with Gasteiger partial charge in [0.2, 0.25) is 0 Å². The molecule has 1 aromatic carbocycles. The molecule has 136 valence electrons. The molecule has 1 aliphatic rings. The van der Waals surface area contributed by atoms with Crippen LogP contribution in [0.15, 0.2) is 30.5 Å². The number of hydrogen-bond acceptors (Lipinski definition) is 3. The van der Waals surface area contributed by atoms with Crippen molar-refractivity contribution in [1.82, 2.24) is 18.8 Å². The van der Waals surface area contributed by atoms with Gasteiger partial charge in [0.05, 0.1) is 17.9 Å². The van der Waals surface area contributed by atoms with Crippen LogP contribution in [0.2, 0.25) is 0 Å². The van der Waals surface area contributed by atoms with Crippen LogP contribution in [0.3, 0.4) is 0 Å². The van der Waals surface area contributed by atoms with Crippen molar-refractivity contribution in [1.29, 1.82) is 0 Å². The third-order valence-corrected chi connectivity index (χ3v) is 6.27. The van der Waals surface area contributed by atoms with E-state index in [9.17, 15) is 8.42 Å². The molecule has 1 aromatic heterocycles.